The number of benzene rings is 3. The Morgan fingerprint density at radius 2 is 0.874 bits per heavy atom. The molecule has 526 valence electrons. The quantitative estimate of drug-likeness (QED) is 0.0264. The van der Waals surface area contributed by atoms with Crippen LogP contribution in [0.1, 0.15) is 24.0 Å². The zero-order chi connectivity index (χ0) is 68.5. The first kappa shape index (κ1) is 73.1. The summed E-state index contributed by atoms with van der Waals surface area (Å²) in [5.74, 6) is -2.70. The van der Waals surface area contributed by atoms with Gasteiger partial charge in [-0.25, -0.2) is 0 Å². The minimum absolute atomic E-state index is 0.0161. The fourth-order valence-corrected chi connectivity index (χ4v) is 11.7. The highest BCUT2D eigenvalue weighted by atomic mass is 16.8. The SMILES string of the molecule is NC(=O)[C@H](Cc1ccccc1)NC(=O)[C@H](Cc1c[nH]c2ccccc12)NC(=O)CCC(=O)Nc1ccc(O[C@H]2O[C@H](CO)[C@@H](O[C@H]3O[C@H](CO)[C@@H](O[C@H]4O[C@H](CO)[C@@H](O[C@H]5O[C@H](CO)[C@@H](O[C@H]6O[C@H](CO)[C@@H](O)[C@H](O)[C@H]6O)[C@H](O)[C@H]5O)[C@H](O)[C@H]4O)[C@H](O)[C@H]3O)[C@H](O)[C@H]2O)cc1. The number of carbonyl (C=O) groups is 4. The highest BCUT2D eigenvalue weighted by Crippen LogP contribution is 2.36. The molecule has 5 aliphatic heterocycles. The lowest BCUT2D eigenvalue weighted by molar-refractivity contribution is -0.392. The number of para-hydroxylation sites is 1. The van der Waals surface area contributed by atoms with Crippen LogP contribution in [0.4, 0.5) is 5.69 Å². The van der Waals surface area contributed by atoms with E-state index in [1.165, 1.54) is 24.3 Å². The summed E-state index contributed by atoms with van der Waals surface area (Å²) in [6, 6.07) is 19.4. The number of amides is 4. The number of hydrogen-bond donors (Lipinski definition) is 21. The van der Waals surface area contributed by atoms with Gasteiger partial charge in [-0.3, -0.25) is 19.2 Å². The summed E-state index contributed by atoms with van der Waals surface area (Å²) in [5, 5.41) is 180. The molecule has 5 aliphatic rings. The van der Waals surface area contributed by atoms with E-state index in [0.29, 0.717) is 5.56 Å². The van der Waals surface area contributed by atoms with Crippen molar-refractivity contribution in [1.82, 2.24) is 15.6 Å². The van der Waals surface area contributed by atoms with Gasteiger partial charge in [0.15, 0.2) is 25.2 Å². The Kier molecular flexibility index (Phi) is 25.4. The third-order valence-corrected chi connectivity index (χ3v) is 17.0. The van der Waals surface area contributed by atoms with Gasteiger partial charge < -0.3 is 156 Å². The number of nitrogens with two attached hydrogens (primary N) is 1. The molecule has 27 atom stereocenters. The number of primary amides is 1. The van der Waals surface area contributed by atoms with Crippen LogP contribution in [0.15, 0.2) is 85.1 Å². The molecule has 6 heterocycles. The molecule has 0 saturated carbocycles. The predicted octanol–water partition coefficient (Wildman–Crippen LogP) is -8.70. The van der Waals surface area contributed by atoms with Crippen LogP contribution < -0.4 is 26.4 Å². The number of ether oxygens (including phenoxy) is 10. The van der Waals surface area contributed by atoms with Crippen molar-refractivity contribution >= 4 is 40.2 Å². The standard InChI is InChI=1S/C60H81N5O30/c61-54(84)30(16-24-6-2-1-3-7-24)65-55(85)31(17-25-18-62-29-9-5-4-8-28(25)29)64-38(72)15-14-37(71)63-26-10-12-27(13-11-26)86-56-46(80)41(75)50(33(20-67)88-56)93-58-48(82)43(77)52(35(22-69)90-58)95-60-49(83)44(78)53(36(23-70)91-60)94-59-47(81)42(76)51(34(21-68)89-59)92-57-45(79)40(74)39(73)32(19-66)87-57/h1-13,18,30-36,39-53,56-60,62,66-70,73-83H,14-17,19-23H2,(H2,61,84)(H,63,71)(H,64,72)(H,65,85)/t30-,31-,32+,33+,34+,35+,36+,39+,40-,41+,42+,43+,44+,45+,46+,47+,48+,49+,50+,51+,52+,53+,56-,57+,58+,59+,60+/m0/s1. The largest absolute Gasteiger partial charge is 0.462 e. The van der Waals surface area contributed by atoms with Crippen LogP contribution in [0.5, 0.6) is 5.75 Å². The third kappa shape index (κ3) is 17.1. The van der Waals surface area contributed by atoms with Crippen LogP contribution in [0.25, 0.3) is 10.9 Å². The number of anilines is 1. The Balaban J connectivity index is 0.747. The van der Waals surface area contributed by atoms with Gasteiger partial charge in [-0.05, 0) is 41.5 Å². The summed E-state index contributed by atoms with van der Waals surface area (Å²) in [6.45, 7) is -4.75. The van der Waals surface area contributed by atoms with E-state index >= 15 is 0 Å². The first-order valence-corrected chi connectivity index (χ1v) is 30.4. The number of aromatic nitrogens is 1. The van der Waals surface area contributed by atoms with E-state index in [1.807, 2.05) is 24.3 Å². The van der Waals surface area contributed by atoms with Gasteiger partial charge in [0.05, 0.1) is 33.0 Å². The molecular weight excluding hydrogens is 1270 g/mol. The maximum absolute atomic E-state index is 13.8. The van der Waals surface area contributed by atoms with Gasteiger partial charge in [-0.2, -0.15) is 0 Å². The molecule has 3 aromatic carbocycles. The van der Waals surface area contributed by atoms with E-state index in [2.05, 4.69) is 20.9 Å². The lowest BCUT2D eigenvalue weighted by atomic mass is 9.95. The Morgan fingerprint density at radius 1 is 0.453 bits per heavy atom. The molecule has 0 radical (unpaired) electrons. The number of aromatic amines is 1. The van der Waals surface area contributed by atoms with Crippen molar-refractivity contribution in [2.45, 2.75) is 191 Å². The molecule has 95 heavy (non-hydrogen) atoms. The molecule has 5 fully saturated rings. The van der Waals surface area contributed by atoms with E-state index in [9.17, 15) is 101 Å². The van der Waals surface area contributed by atoms with Crippen LogP contribution in [-0.4, -0.2) is 309 Å². The van der Waals surface area contributed by atoms with Gasteiger partial charge in [-0.15, -0.1) is 0 Å². The summed E-state index contributed by atoms with van der Waals surface area (Å²) in [4.78, 5) is 55.9. The minimum Gasteiger partial charge on any atom is -0.462 e. The smallest absolute Gasteiger partial charge is 0.243 e. The molecular formula is C60H81N5O30. The second-order valence-corrected chi connectivity index (χ2v) is 23.5. The average molecular weight is 1350 g/mol. The fraction of sp³-hybridized carbons (Fsp3) is 0.600. The molecule has 4 aromatic rings. The fourth-order valence-electron chi connectivity index (χ4n) is 11.7. The van der Waals surface area contributed by atoms with Crippen molar-refractivity contribution in [2.24, 2.45) is 5.73 Å². The van der Waals surface area contributed by atoms with Crippen molar-refractivity contribution in [1.29, 1.82) is 0 Å². The van der Waals surface area contributed by atoms with E-state index in [4.69, 9.17) is 53.1 Å². The molecule has 0 bridgehead atoms. The first-order chi connectivity index (χ1) is 45.5. The van der Waals surface area contributed by atoms with Gasteiger partial charge in [0.2, 0.25) is 29.9 Å². The van der Waals surface area contributed by atoms with Crippen LogP contribution in [-0.2, 0) is 74.7 Å². The summed E-state index contributed by atoms with van der Waals surface area (Å²) >= 11 is 0. The monoisotopic (exact) mass is 1350 g/mol. The molecule has 0 aliphatic carbocycles. The van der Waals surface area contributed by atoms with Gasteiger partial charge in [0, 0.05) is 48.5 Å². The molecule has 35 nitrogen and oxygen atoms in total. The van der Waals surface area contributed by atoms with E-state index in [0.717, 1.165) is 16.5 Å². The predicted molar refractivity (Wildman–Crippen MR) is 314 cm³/mol. The average Bonchev–Trinajstić information content (AvgIpc) is 1.36. The lowest BCUT2D eigenvalue weighted by Crippen LogP contribution is -2.68. The number of hydrogen-bond acceptors (Lipinski definition) is 30. The number of nitrogens with one attached hydrogen (secondary N) is 4. The zero-order valence-electron chi connectivity index (χ0n) is 50.5. The molecule has 22 N–H and O–H groups in total. The maximum Gasteiger partial charge on any atom is 0.243 e. The third-order valence-electron chi connectivity index (χ3n) is 17.0. The lowest BCUT2D eigenvalue weighted by Gasteiger charge is -2.49. The highest BCUT2D eigenvalue weighted by Gasteiger charge is 2.57. The summed E-state index contributed by atoms with van der Waals surface area (Å²) in [5.41, 5.74) is 8.14. The second-order valence-electron chi connectivity index (χ2n) is 23.5. The Labute approximate surface area is 539 Å². The number of carbonyl (C=O) groups excluding carboxylic acids is 4. The molecule has 1 aromatic heterocycles. The highest BCUT2D eigenvalue weighted by molar-refractivity contribution is 5.95. The van der Waals surface area contributed by atoms with Crippen molar-refractivity contribution in [3.05, 3.63) is 96.2 Å². The van der Waals surface area contributed by atoms with Crippen LogP contribution in [0, 0.1) is 0 Å². The molecule has 0 unspecified atom stereocenters. The van der Waals surface area contributed by atoms with E-state index in [1.54, 1.807) is 36.5 Å². The Hall–Kier alpha value is -6.12. The second kappa shape index (κ2) is 33.0. The summed E-state index contributed by atoms with van der Waals surface area (Å²) in [7, 11) is 0. The summed E-state index contributed by atoms with van der Waals surface area (Å²) in [6.07, 6.45) is -45.9. The zero-order valence-corrected chi connectivity index (χ0v) is 50.5. The van der Waals surface area contributed by atoms with Crippen LogP contribution in [0.3, 0.4) is 0 Å². The first-order valence-electron chi connectivity index (χ1n) is 30.4. The number of aliphatic hydroxyl groups excluding tert-OH is 16. The van der Waals surface area contributed by atoms with Crippen molar-refractivity contribution in [2.75, 3.05) is 38.4 Å². The van der Waals surface area contributed by atoms with Crippen LogP contribution >= 0.6 is 0 Å². The normalized spacial score (nSPS) is 36.6. The number of fused-ring (bicyclic) bond motifs is 1. The minimum atomic E-state index is -2.18. The topological polar surface area (TPSA) is 562 Å². The van der Waals surface area contributed by atoms with E-state index in [-0.39, 0.29) is 37.1 Å². The molecule has 9 rings (SSSR count). The van der Waals surface area contributed by atoms with Crippen molar-refractivity contribution in [3.63, 3.8) is 0 Å². The van der Waals surface area contributed by atoms with Gasteiger partial charge in [-0.1, -0.05) is 48.5 Å². The Morgan fingerprint density at radius 3 is 1.35 bits per heavy atom. The van der Waals surface area contributed by atoms with Crippen molar-refractivity contribution in [3.8, 4) is 5.75 Å². The number of aliphatic hydroxyl groups is 16. The van der Waals surface area contributed by atoms with Crippen molar-refractivity contribution < 1.29 is 148 Å². The van der Waals surface area contributed by atoms with Crippen LogP contribution in [0.2, 0.25) is 0 Å². The molecule has 5 saturated heterocycles. The van der Waals surface area contributed by atoms with Gasteiger partial charge in [0.25, 0.3) is 0 Å². The maximum atomic E-state index is 13.8. The van der Waals surface area contributed by atoms with Gasteiger partial charge >= 0.3 is 0 Å². The van der Waals surface area contributed by atoms with Gasteiger partial charge in [0.1, 0.15) is 140 Å². The molecule has 35 heteroatoms. The number of rotatable bonds is 27. The summed E-state index contributed by atoms with van der Waals surface area (Å²) < 4.78 is 56.6. The molecule has 4 amide bonds. The number of H-pyrrole nitrogens is 1. The Bertz CT molecular complexity index is 3110. The van der Waals surface area contributed by atoms with E-state index < -0.39 is 222 Å². The molecule has 0 spiro atoms.